The highest BCUT2D eigenvalue weighted by Gasteiger charge is 2.34. The van der Waals surface area contributed by atoms with Crippen molar-refractivity contribution in [3.05, 3.63) is 23.8 Å². The van der Waals surface area contributed by atoms with E-state index in [2.05, 4.69) is 0 Å². The summed E-state index contributed by atoms with van der Waals surface area (Å²) < 4.78 is 56.3. The summed E-state index contributed by atoms with van der Waals surface area (Å²) in [5.41, 5.74) is -0.376. The third-order valence-corrected chi connectivity index (χ3v) is 5.54. The van der Waals surface area contributed by atoms with Crippen molar-refractivity contribution in [1.82, 2.24) is 0 Å². The van der Waals surface area contributed by atoms with Gasteiger partial charge in [0.15, 0.2) is 21.5 Å². The van der Waals surface area contributed by atoms with Gasteiger partial charge in [-0.25, -0.2) is 22.0 Å². The fraction of sp³-hybridized carbons (Fsp3) is 0.429. The standard InChI is InChI=1S/C14H13F2N3O4S/c15-11-5-9(19-8-10(7-17)23-14(19)20)6-12(16)13(11)18-1-3-24(21,22)4-2-18/h5-6,10H,1-4,8H2/t10-/m0/s1. The average Bonchev–Trinajstić information content (AvgIpc) is 2.89. The number of amides is 1. The SMILES string of the molecule is N#C[C@H]1CN(c2cc(F)c(N3CCS(=O)(=O)CC3)c(F)c2)C(=O)O1. The second-order valence-corrected chi connectivity index (χ2v) is 7.81. The number of hydrogen-bond donors (Lipinski definition) is 0. The van der Waals surface area contributed by atoms with Crippen LogP contribution in [0.2, 0.25) is 0 Å². The molecule has 3 rings (SSSR count). The third-order valence-electron chi connectivity index (χ3n) is 3.93. The predicted octanol–water partition coefficient (Wildman–Crippen LogP) is 1.05. The van der Waals surface area contributed by atoms with Crippen LogP contribution in [0, 0.1) is 23.0 Å². The third kappa shape index (κ3) is 2.99. The van der Waals surface area contributed by atoms with Crippen molar-refractivity contribution in [3.63, 3.8) is 0 Å². The lowest BCUT2D eigenvalue weighted by molar-refractivity contribution is 0.162. The van der Waals surface area contributed by atoms with E-state index in [0.29, 0.717) is 0 Å². The van der Waals surface area contributed by atoms with Crippen LogP contribution in [0.4, 0.5) is 25.0 Å². The van der Waals surface area contributed by atoms with E-state index in [9.17, 15) is 22.0 Å². The highest BCUT2D eigenvalue weighted by Crippen LogP contribution is 2.31. The van der Waals surface area contributed by atoms with Gasteiger partial charge in [0, 0.05) is 25.2 Å². The molecule has 2 heterocycles. The Labute approximate surface area is 136 Å². The highest BCUT2D eigenvalue weighted by atomic mass is 32.2. The van der Waals surface area contributed by atoms with Crippen LogP contribution in [0.3, 0.4) is 0 Å². The Bertz CT molecular complexity index is 800. The van der Waals surface area contributed by atoms with Crippen LogP contribution in [-0.4, -0.2) is 51.8 Å². The second-order valence-electron chi connectivity index (χ2n) is 5.51. The number of carbonyl (C=O) groups is 1. The number of sulfone groups is 1. The molecule has 2 aliphatic rings. The number of cyclic esters (lactones) is 1. The lowest BCUT2D eigenvalue weighted by atomic mass is 10.2. The van der Waals surface area contributed by atoms with Crippen LogP contribution in [0.1, 0.15) is 0 Å². The quantitative estimate of drug-likeness (QED) is 0.786. The molecule has 1 aromatic carbocycles. The summed E-state index contributed by atoms with van der Waals surface area (Å²) in [6.07, 6.45) is -1.84. The van der Waals surface area contributed by atoms with Crippen LogP contribution in [0.5, 0.6) is 0 Å². The lowest BCUT2D eigenvalue weighted by Crippen LogP contribution is -2.41. The summed E-state index contributed by atoms with van der Waals surface area (Å²) in [7, 11) is -3.17. The molecule has 24 heavy (non-hydrogen) atoms. The minimum absolute atomic E-state index is 0.00220. The molecule has 0 aliphatic carbocycles. The maximum atomic E-state index is 14.4. The lowest BCUT2D eigenvalue weighted by Gasteiger charge is -2.29. The first kappa shape index (κ1) is 16.4. The molecule has 1 aromatic rings. The van der Waals surface area contributed by atoms with Gasteiger partial charge in [-0.1, -0.05) is 0 Å². The van der Waals surface area contributed by atoms with Gasteiger partial charge in [-0.05, 0) is 0 Å². The molecule has 1 amide bonds. The van der Waals surface area contributed by atoms with Gasteiger partial charge in [-0.2, -0.15) is 5.26 Å². The molecule has 0 radical (unpaired) electrons. The minimum atomic E-state index is -3.17. The number of rotatable bonds is 2. The Hall–Kier alpha value is -2.41. The van der Waals surface area contributed by atoms with E-state index >= 15 is 0 Å². The van der Waals surface area contributed by atoms with Crippen LogP contribution in [0.25, 0.3) is 0 Å². The monoisotopic (exact) mass is 357 g/mol. The molecule has 10 heteroatoms. The van der Waals surface area contributed by atoms with Gasteiger partial charge in [0.25, 0.3) is 0 Å². The van der Waals surface area contributed by atoms with E-state index < -0.39 is 33.7 Å². The molecular formula is C14H13F2N3O4S. The topological polar surface area (TPSA) is 90.7 Å². The Kier molecular flexibility index (Phi) is 4.04. The largest absolute Gasteiger partial charge is 0.428 e. The van der Waals surface area contributed by atoms with Crippen LogP contribution in [0.15, 0.2) is 12.1 Å². The van der Waals surface area contributed by atoms with Crippen molar-refractivity contribution < 1.29 is 26.7 Å². The Morgan fingerprint density at radius 1 is 1.21 bits per heavy atom. The van der Waals surface area contributed by atoms with E-state index in [-0.39, 0.29) is 42.5 Å². The van der Waals surface area contributed by atoms with Crippen LogP contribution < -0.4 is 9.80 Å². The Morgan fingerprint density at radius 2 is 1.79 bits per heavy atom. The van der Waals surface area contributed by atoms with Gasteiger partial charge in [0.2, 0.25) is 6.10 Å². The average molecular weight is 357 g/mol. The number of hydrogen-bond acceptors (Lipinski definition) is 6. The maximum absolute atomic E-state index is 14.4. The zero-order valence-electron chi connectivity index (χ0n) is 12.4. The summed E-state index contributed by atoms with van der Waals surface area (Å²) in [6.45, 7) is -0.120. The number of nitrogens with zero attached hydrogens (tertiary/aromatic N) is 3. The molecule has 0 aromatic heterocycles. The minimum Gasteiger partial charge on any atom is -0.428 e. The van der Waals surface area contributed by atoms with Gasteiger partial charge >= 0.3 is 6.09 Å². The van der Waals surface area contributed by atoms with E-state index in [1.807, 2.05) is 0 Å². The summed E-state index contributed by atoms with van der Waals surface area (Å²) in [6, 6.07) is 3.71. The highest BCUT2D eigenvalue weighted by molar-refractivity contribution is 7.91. The maximum Gasteiger partial charge on any atom is 0.415 e. The first-order chi connectivity index (χ1) is 11.3. The summed E-state index contributed by atoms with van der Waals surface area (Å²) in [4.78, 5) is 14.0. The van der Waals surface area contributed by atoms with Crippen molar-refractivity contribution in [2.24, 2.45) is 0 Å². The molecule has 1 atom stereocenters. The molecule has 0 N–H and O–H groups in total. The molecule has 0 unspecified atom stereocenters. The number of nitriles is 1. The molecule has 7 nitrogen and oxygen atoms in total. The van der Waals surface area contributed by atoms with Crippen molar-refractivity contribution in [3.8, 4) is 6.07 Å². The number of benzene rings is 1. The molecule has 0 saturated carbocycles. The fourth-order valence-electron chi connectivity index (χ4n) is 2.69. The van der Waals surface area contributed by atoms with E-state index in [4.69, 9.17) is 10.00 Å². The summed E-state index contributed by atoms with van der Waals surface area (Å²) >= 11 is 0. The second kappa shape index (κ2) is 5.90. The first-order valence-electron chi connectivity index (χ1n) is 7.13. The number of carbonyl (C=O) groups excluding carboxylic acids is 1. The molecule has 2 saturated heterocycles. The van der Waals surface area contributed by atoms with Gasteiger partial charge in [-0.3, -0.25) is 4.90 Å². The van der Waals surface area contributed by atoms with Crippen molar-refractivity contribution in [1.29, 1.82) is 5.26 Å². The summed E-state index contributed by atoms with van der Waals surface area (Å²) in [5, 5.41) is 8.76. The zero-order valence-corrected chi connectivity index (χ0v) is 13.2. The molecule has 2 aliphatic heterocycles. The molecule has 0 spiro atoms. The van der Waals surface area contributed by atoms with Crippen molar-refractivity contribution in [2.75, 3.05) is 40.9 Å². The Balaban J connectivity index is 1.87. The van der Waals surface area contributed by atoms with Crippen molar-refractivity contribution >= 4 is 27.3 Å². The van der Waals surface area contributed by atoms with Crippen LogP contribution in [-0.2, 0) is 14.6 Å². The van der Waals surface area contributed by atoms with E-state index in [1.54, 1.807) is 6.07 Å². The van der Waals surface area contributed by atoms with Gasteiger partial charge < -0.3 is 9.64 Å². The van der Waals surface area contributed by atoms with E-state index in [1.165, 1.54) is 4.90 Å². The summed E-state index contributed by atoms with van der Waals surface area (Å²) in [5.74, 6) is -2.15. The van der Waals surface area contributed by atoms with Crippen molar-refractivity contribution in [2.45, 2.75) is 6.10 Å². The van der Waals surface area contributed by atoms with Gasteiger partial charge in [0.05, 0.1) is 23.7 Å². The number of halogens is 2. The number of anilines is 2. The first-order valence-corrected chi connectivity index (χ1v) is 8.95. The molecular weight excluding hydrogens is 344 g/mol. The predicted molar refractivity (Wildman–Crippen MR) is 80.5 cm³/mol. The smallest absolute Gasteiger partial charge is 0.415 e. The molecule has 0 bridgehead atoms. The normalized spacial score (nSPS) is 23.0. The number of ether oxygens (including phenoxy) is 1. The van der Waals surface area contributed by atoms with E-state index in [0.717, 1.165) is 17.0 Å². The molecule has 128 valence electrons. The van der Waals surface area contributed by atoms with Gasteiger partial charge in [-0.15, -0.1) is 0 Å². The van der Waals surface area contributed by atoms with Crippen LogP contribution >= 0.6 is 0 Å². The molecule has 2 fully saturated rings. The zero-order chi connectivity index (χ0) is 17.5. The fourth-order valence-corrected chi connectivity index (χ4v) is 3.89. The Morgan fingerprint density at radius 3 is 2.29 bits per heavy atom. The van der Waals surface area contributed by atoms with Gasteiger partial charge in [0.1, 0.15) is 11.8 Å².